The molecule has 2 unspecified atom stereocenters. The molecule has 0 aliphatic carbocycles. The molecule has 2 saturated heterocycles. The fourth-order valence-electron chi connectivity index (χ4n) is 4.01. The Morgan fingerprint density at radius 3 is 1.97 bits per heavy atom. The standard InChI is InChI=1S/C20H37N5O3.2ClH/c1-14(2)19(21)20(28)22-10-17(26)24-7-5-23(6-8-24)13-18(27)25-11-15(3)9-16(4)12-25;;/h14-16,19H,5-13,21H2,1-4H3,(H,22,28);2*1H/t15?,16?,19-;;/m0../s1. The summed E-state index contributed by atoms with van der Waals surface area (Å²) in [6, 6.07) is -0.601. The minimum absolute atomic E-state index is 0. The van der Waals surface area contributed by atoms with Gasteiger partial charge in [0.15, 0.2) is 0 Å². The molecule has 8 nitrogen and oxygen atoms in total. The van der Waals surface area contributed by atoms with Crippen molar-refractivity contribution in [2.24, 2.45) is 23.5 Å². The number of nitrogens with two attached hydrogens (primary N) is 1. The van der Waals surface area contributed by atoms with Crippen LogP contribution >= 0.6 is 24.8 Å². The molecule has 10 heteroatoms. The zero-order chi connectivity index (χ0) is 20.8. The predicted octanol–water partition coefficient (Wildman–Crippen LogP) is 0.578. The molecule has 0 saturated carbocycles. The third kappa shape index (κ3) is 8.57. The van der Waals surface area contributed by atoms with Crippen LogP contribution in [0.15, 0.2) is 0 Å². The van der Waals surface area contributed by atoms with Gasteiger partial charge >= 0.3 is 0 Å². The number of carbonyl (C=O) groups excluding carboxylic acids is 3. The van der Waals surface area contributed by atoms with E-state index in [1.54, 1.807) is 4.90 Å². The van der Waals surface area contributed by atoms with Crippen LogP contribution in [0, 0.1) is 17.8 Å². The van der Waals surface area contributed by atoms with E-state index in [0.29, 0.717) is 44.6 Å². The number of amides is 3. The Morgan fingerprint density at radius 1 is 0.933 bits per heavy atom. The van der Waals surface area contributed by atoms with Gasteiger partial charge in [-0.2, -0.15) is 0 Å². The van der Waals surface area contributed by atoms with Crippen molar-refractivity contribution in [2.45, 2.75) is 40.2 Å². The minimum Gasteiger partial charge on any atom is -0.346 e. The number of hydrogen-bond donors (Lipinski definition) is 2. The zero-order valence-electron chi connectivity index (χ0n) is 18.6. The summed E-state index contributed by atoms with van der Waals surface area (Å²) in [5.41, 5.74) is 5.79. The number of carbonyl (C=O) groups is 3. The van der Waals surface area contributed by atoms with Crippen molar-refractivity contribution in [3.63, 3.8) is 0 Å². The normalized spacial score (nSPS) is 23.3. The smallest absolute Gasteiger partial charge is 0.242 e. The Labute approximate surface area is 193 Å². The summed E-state index contributed by atoms with van der Waals surface area (Å²) in [5, 5.41) is 2.63. The van der Waals surface area contributed by atoms with Crippen LogP contribution in [0.2, 0.25) is 0 Å². The first-order chi connectivity index (χ1) is 13.2. The van der Waals surface area contributed by atoms with Crippen LogP contribution < -0.4 is 11.1 Å². The number of piperidine rings is 1. The first kappa shape index (κ1) is 28.9. The summed E-state index contributed by atoms with van der Waals surface area (Å²) in [6.07, 6.45) is 1.18. The quantitative estimate of drug-likeness (QED) is 0.594. The van der Waals surface area contributed by atoms with Crippen LogP contribution in [0.1, 0.15) is 34.1 Å². The molecular weight excluding hydrogens is 429 g/mol. The van der Waals surface area contributed by atoms with Gasteiger partial charge in [0.25, 0.3) is 0 Å². The highest BCUT2D eigenvalue weighted by molar-refractivity contribution is 5.87. The zero-order valence-corrected chi connectivity index (χ0v) is 20.3. The van der Waals surface area contributed by atoms with Gasteiger partial charge in [-0.1, -0.05) is 27.7 Å². The van der Waals surface area contributed by atoms with Gasteiger partial charge in [0.1, 0.15) is 0 Å². The molecule has 3 atom stereocenters. The van der Waals surface area contributed by atoms with Gasteiger partial charge in [-0.3, -0.25) is 19.3 Å². The lowest BCUT2D eigenvalue weighted by molar-refractivity contribution is -0.137. The molecule has 3 amide bonds. The summed E-state index contributed by atoms with van der Waals surface area (Å²) >= 11 is 0. The lowest BCUT2D eigenvalue weighted by atomic mass is 9.92. The van der Waals surface area contributed by atoms with Gasteiger partial charge in [-0.05, 0) is 24.2 Å². The fourth-order valence-corrected chi connectivity index (χ4v) is 4.01. The van der Waals surface area contributed by atoms with E-state index >= 15 is 0 Å². The van der Waals surface area contributed by atoms with Gasteiger partial charge in [-0.25, -0.2) is 0 Å². The maximum absolute atomic E-state index is 12.6. The van der Waals surface area contributed by atoms with E-state index < -0.39 is 6.04 Å². The third-order valence-electron chi connectivity index (χ3n) is 5.74. The van der Waals surface area contributed by atoms with Gasteiger partial charge < -0.3 is 20.9 Å². The fraction of sp³-hybridized carbons (Fsp3) is 0.850. The Hall–Kier alpha value is -1.09. The number of piperazine rings is 1. The summed E-state index contributed by atoms with van der Waals surface area (Å²) in [4.78, 5) is 42.7. The second kappa shape index (κ2) is 13.3. The molecule has 0 aromatic rings. The SMILES string of the molecule is CC1CC(C)CN(C(=O)CN2CCN(C(=O)CNC(=O)[C@@H](N)C(C)C)CC2)C1.Cl.Cl. The molecule has 2 fully saturated rings. The highest BCUT2D eigenvalue weighted by Crippen LogP contribution is 2.21. The van der Waals surface area contributed by atoms with Gasteiger partial charge in [0, 0.05) is 39.3 Å². The van der Waals surface area contributed by atoms with Crippen molar-refractivity contribution in [1.82, 2.24) is 20.0 Å². The molecule has 2 aliphatic rings. The molecule has 2 heterocycles. The van der Waals surface area contributed by atoms with Crippen molar-refractivity contribution < 1.29 is 14.4 Å². The second-order valence-electron chi connectivity index (χ2n) is 8.89. The molecule has 2 aliphatic heterocycles. The van der Waals surface area contributed by atoms with E-state index in [4.69, 9.17) is 5.73 Å². The predicted molar refractivity (Wildman–Crippen MR) is 123 cm³/mol. The summed E-state index contributed by atoms with van der Waals surface area (Å²) in [5.74, 6) is 0.934. The third-order valence-corrected chi connectivity index (χ3v) is 5.74. The lowest BCUT2D eigenvalue weighted by Crippen LogP contribution is -2.55. The van der Waals surface area contributed by atoms with Crippen molar-refractivity contribution in [1.29, 1.82) is 0 Å². The highest BCUT2D eigenvalue weighted by atomic mass is 35.5. The molecule has 0 bridgehead atoms. The summed E-state index contributed by atoms with van der Waals surface area (Å²) in [7, 11) is 0. The van der Waals surface area contributed by atoms with Crippen molar-refractivity contribution in [2.75, 3.05) is 52.4 Å². The molecule has 3 N–H and O–H groups in total. The maximum atomic E-state index is 12.6. The summed E-state index contributed by atoms with van der Waals surface area (Å²) < 4.78 is 0. The van der Waals surface area contributed by atoms with Gasteiger partial charge in [-0.15, -0.1) is 24.8 Å². The largest absolute Gasteiger partial charge is 0.346 e. The van der Waals surface area contributed by atoms with E-state index in [9.17, 15) is 14.4 Å². The van der Waals surface area contributed by atoms with Crippen molar-refractivity contribution >= 4 is 42.5 Å². The number of halogens is 2. The Bertz CT molecular complexity index is 561. The average Bonchev–Trinajstić information content (AvgIpc) is 2.64. The molecule has 0 aromatic heterocycles. The Morgan fingerprint density at radius 2 is 1.47 bits per heavy atom. The monoisotopic (exact) mass is 467 g/mol. The second-order valence-corrected chi connectivity index (χ2v) is 8.89. The number of rotatable bonds is 6. The summed E-state index contributed by atoms with van der Waals surface area (Å²) in [6.45, 7) is 12.7. The lowest BCUT2D eigenvalue weighted by Gasteiger charge is -2.38. The molecule has 176 valence electrons. The molecule has 0 spiro atoms. The van der Waals surface area contributed by atoms with E-state index in [0.717, 1.165) is 13.1 Å². The van der Waals surface area contributed by atoms with E-state index in [1.165, 1.54) is 6.42 Å². The number of hydrogen-bond acceptors (Lipinski definition) is 5. The first-order valence-electron chi connectivity index (χ1n) is 10.5. The van der Waals surface area contributed by atoms with Crippen LogP contribution in [-0.4, -0.2) is 90.8 Å². The maximum Gasteiger partial charge on any atom is 0.242 e. The van der Waals surface area contributed by atoms with E-state index in [-0.39, 0.29) is 55.0 Å². The molecule has 0 aromatic carbocycles. The van der Waals surface area contributed by atoms with Crippen molar-refractivity contribution in [3.05, 3.63) is 0 Å². The van der Waals surface area contributed by atoms with E-state index in [1.807, 2.05) is 18.7 Å². The van der Waals surface area contributed by atoms with Gasteiger partial charge in [0.05, 0.1) is 19.1 Å². The van der Waals surface area contributed by atoms with Crippen molar-refractivity contribution in [3.8, 4) is 0 Å². The molecular formula is C20H39Cl2N5O3. The number of nitrogens with one attached hydrogen (secondary N) is 1. The average molecular weight is 468 g/mol. The van der Waals surface area contributed by atoms with Gasteiger partial charge in [0.2, 0.25) is 17.7 Å². The van der Waals surface area contributed by atoms with Crippen LogP contribution in [0.5, 0.6) is 0 Å². The minimum atomic E-state index is -0.601. The number of likely N-dealkylation sites (tertiary alicyclic amines) is 1. The van der Waals surface area contributed by atoms with Crippen LogP contribution in [0.4, 0.5) is 0 Å². The van der Waals surface area contributed by atoms with E-state index in [2.05, 4.69) is 24.1 Å². The first-order valence-corrected chi connectivity index (χ1v) is 10.5. The topological polar surface area (TPSA) is 99.0 Å². The number of nitrogens with zero attached hydrogens (tertiary/aromatic N) is 3. The molecule has 30 heavy (non-hydrogen) atoms. The highest BCUT2D eigenvalue weighted by Gasteiger charge is 2.28. The van der Waals surface area contributed by atoms with Crippen LogP contribution in [-0.2, 0) is 14.4 Å². The molecule has 0 radical (unpaired) electrons. The Kier molecular flexibility index (Phi) is 12.9. The van der Waals surface area contributed by atoms with Crippen LogP contribution in [0.3, 0.4) is 0 Å². The Balaban J connectivity index is 0.00000420. The van der Waals surface area contributed by atoms with Crippen LogP contribution in [0.25, 0.3) is 0 Å². The molecule has 2 rings (SSSR count).